The Morgan fingerprint density at radius 3 is 1.76 bits per heavy atom. The van der Waals surface area contributed by atoms with Crippen LogP contribution in [0.1, 0.15) is 40.5 Å². The molecule has 0 atom stereocenters. The van der Waals surface area contributed by atoms with Crippen LogP contribution in [-0.2, 0) is 9.59 Å². The fourth-order valence-corrected chi connectivity index (χ4v) is 2.37. The molecule has 0 aromatic rings. The highest BCUT2D eigenvalue weighted by molar-refractivity contribution is 6.04. The Morgan fingerprint density at radius 2 is 1.38 bits per heavy atom. The van der Waals surface area contributed by atoms with Gasteiger partial charge in [0.2, 0.25) is 0 Å². The smallest absolute Gasteiger partial charge is 0.290 e. The molecule has 5 nitrogen and oxygen atoms in total. The third kappa shape index (κ3) is 4.95. The lowest BCUT2D eigenvalue weighted by Gasteiger charge is -2.07. The molecule has 5 heteroatoms. The molecule has 112 valence electrons. The van der Waals surface area contributed by atoms with E-state index in [-0.39, 0.29) is 11.5 Å². The largest absolute Gasteiger partial charge is 0.315 e. The molecule has 0 aliphatic heterocycles. The molecule has 0 aromatic heterocycles. The zero-order valence-electron chi connectivity index (χ0n) is 12.7. The molecule has 0 amide bonds. The van der Waals surface area contributed by atoms with Gasteiger partial charge < -0.3 is 0 Å². The van der Waals surface area contributed by atoms with Gasteiger partial charge >= 0.3 is 5.70 Å². The van der Waals surface area contributed by atoms with Crippen LogP contribution >= 0.6 is 0 Å². The molecule has 0 heterocycles. The Balaban J connectivity index is 0.000000219. The van der Waals surface area contributed by atoms with Crippen LogP contribution in [0, 0.1) is 10.1 Å². The van der Waals surface area contributed by atoms with Crippen molar-refractivity contribution in [1.29, 1.82) is 0 Å². The van der Waals surface area contributed by atoms with Gasteiger partial charge in [-0.2, -0.15) is 0 Å². The minimum absolute atomic E-state index is 0.135. The quantitative estimate of drug-likeness (QED) is 0.548. The lowest BCUT2D eigenvalue weighted by atomic mass is 9.97. The molecule has 0 fully saturated rings. The van der Waals surface area contributed by atoms with Crippen molar-refractivity contribution < 1.29 is 14.5 Å². The second kappa shape index (κ2) is 6.92. The normalized spacial score (nSPS) is 18.4. The van der Waals surface area contributed by atoms with Crippen LogP contribution in [0.5, 0.6) is 0 Å². The van der Waals surface area contributed by atoms with Crippen molar-refractivity contribution in [3.8, 4) is 0 Å². The van der Waals surface area contributed by atoms with Gasteiger partial charge in [-0.05, 0) is 58.8 Å². The first-order chi connectivity index (χ1) is 9.70. The number of allylic oxidation sites excluding steroid dienone is 7. The summed E-state index contributed by atoms with van der Waals surface area (Å²) in [5.74, 6) is -0.350. The molecular weight excluding hydrogens is 270 g/mol. The van der Waals surface area contributed by atoms with Crippen LogP contribution < -0.4 is 0 Å². The molecule has 2 rings (SSSR count). The highest BCUT2D eigenvalue weighted by Crippen LogP contribution is 2.21. The van der Waals surface area contributed by atoms with E-state index in [1.165, 1.54) is 17.2 Å². The molecule has 0 unspecified atom stereocenters. The van der Waals surface area contributed by atoms with Crippen LogP contribution in [0.3, 0.4) is 0 Å². The molecule has 0 saturated heterocycles. The summed E-state index contributed by atoms with van der Waals surface area (Å²) in [6.07, 6.45) is 6.19. The molecule has 0 saturated carbocycles. The zero-order chi connectivity index (χ0) is 16.2. The number of hydrogen-bond donors (Lipinski definition) is 0. The van der Waals surface area contributed by atoms with Crippen LogP contribution in [0.15, 0.2) is 46.2 Å². The number of rotatable bonds is 1. The molecule has 2 aliphatic carbocycles. The lowest BCUT2D eigenvalue weighted by molar-refractivity contribution is -0.419. The first-order valence-corrected chi connectivity index (χ1v) is 6.64. The average molecular weight is 289 g/mol. The summed E-state index contributed by atoms with van der Waals surface area (Å²) in [6, 6.07) is 0. The Hall–Kier alpha value is -2.30. The highest BCUT2D eigenvalue weighted by Gasteiger charge is 2.26. The van der Waals surface area contributed by atoms with Crippen molar-refractivity contribution >= 4 is 11.6 Å². The molecular formula is C16H19NO4. The molecule has 0 radical (unpaired) electrons. The van der Waals surface area contributed by atoms with Gasteiger partial charge in [0.05, 0.1) is 4.92 Å². The van der Waals surface area contributed by atoms with Crippen LogP contribution in [0.4, 0.5) is 0 Å². The summed E-state index contributed by atoms with van der Waals surface area (Å²) in [4.78, 5) is 31.6. The van der Waals surface area contributed by atoms with Crippen molar-refractivity contribution in [1.82, 2.24) is 0 Å². The SMILES string of the molecule is CC1=CC(=O)C([N+](=O)[O-])=C(C)C1.CC1=CC(=O)C=C(C)C1. The van der Waals surface area contributed by atoms with Gasteiger partial charge in [0.1, 0.15) is 0 Å². The minimum atomic E-state index is -0.611. The fraction of sp³-hybridized carbons (Fsp3) is 0.375. The molecule has 0 bridgehead atoms. The summed E-state index contributed by atoms with van der Waals surface area (Å²) in [5.41, 5.74) is 3.49. The fourth-order valence-electron chi connectivity index (χ4n) is 2.37. The van der Waals surface area contributed by atoms with E-state index >= 15 is 0 Å². The zero-order valence-corrected chi connectivity index (χ0v) is 12.7. The maximum Gasteiger partial charge on any atom is 0.315 e. The lowest BCUT2D eigenvalue weighted by Crippen LogP contribution is -2.15. The van der Waals surface area contributed by atoms with Crippen molar-refractivity contribution in [3.05, 3.63) is 56.3 Å². The second-order valence-electron chi connectivity index (χ2n) is 5.48. The van der Waals surface area contributed by atoms with E-state index in [0.29, 0.717) is 12.0 Å². The summed E-state index contributed by atoms with van der Waals surface area (Å²) in [6.45, 7) is 7.37. The average Bonchev–Trinajstić information content (AvgIpc) is 2.24. The number of carbonyl (C=O) groups is 2. The summed E-state index contributed by atoms with van der Waals surface area (Å²) in [7, 11) is 0. The maximum atomic E-state index is 11.1. The molecule has 0 spiro atoms. The van der Waals surface area contributed by atoms with E-state index in [9.17, 15) is 19.7 Å². The Morgan fingerprint density at radius 1 is 0.905 bits per heavy atom. The minimum Gasteiger partial charge on any atom is -0.290 e. The van der Waals surface area contributed by atoms with Gasteiger partial charge in [0.15, 0.2) is 5.78 Å². The van der Waals surface area contributed by atoms with Gasteiger partial charge in [-0.25, -0.2) is 0 Å². The molecule has 0 aromatic carbocycles. The van der Waals surface area contributed by atoms with Crippen molar-refractivity contribution in [2.24, 2.45) is 0 Å². The van der Waals surface area contributed by atoms with Crippen molar-refractivity contribution in [3.63, 3.8) is 0 Å². The number of nitro groups is 1. The number of hydrogen-bond acceptors (Lipinski definition) is 4. The third-order valence-electron chi connectivity index (χ3n) is 3.08. The topological polar surface area (TPSA) is 77.3 Å². The van der Waals surface area contributed by atoms with Crippen LogP contribution in [0.25, 0.3) is 0 Å². The van der Waals surface area contributed by atoms with E-state index in [1.807, 2.05) is 13.8 Å². The first-order valence-electron chi connectivity index (χ1n) is 6.64. The van der Waals surface area contributed by atoms with Gasteiger partial charge in [0.25, 0.3) is 5.78 Å². The number of nitrogens with zero attached hydrogens (tertiary/aromatic N) is 1. The van der Waals surface area contributed by atoms with Gasteiger partial charge in [-0.3, -0.25) is 19.7 Å². The van der Waals surface area contributed by atoms with Crippen LogP contribution in [-0.4, -0.2) is 16.5 Å². The van der Waals surface area contributed by atoms with Gasteiger partial charge in [0, 0.05) is 5.57 Å². The summed E-state index contributed by atoms with van der Waals surface area (Å²) < 4.78 is 0. The Labute approximate surface area is 123 Å². The van der Waals surface area contributed by atoms with E-state index < -0.39 is 10.7 Å². The third-order valence-corrected chi connectivity index (χ3v) is 3.08. The number of carbonyl (C=O) groups excluding carboxylic acids is 2. The summed E-state index contributed by atoms with van der Waals surface area (Å²) >= 11 is 0. The van der Waals surface area contributed by atoms with Gasteiger partial charge in [-0.15, -0.1) is 0 Å². The van der Waals surface area contributed by atoms with Crippen molar-refractivity contribution in [2.75, 3.05) is 0 Å². The second-order valence-corrected chi connectivity index (χ2v) is 5.48. The first kappa shape index (κ1) is 16.8. The summed E-state index contributed by atoms with van der Waals surface area (Å²) in [5, 5.41) is 10.4. The monoisotopic (exact) mass is 289 g/mol. The maximum absolute atomic E-state index is 11.1. The van der Waals surface area contributed by atoms with Crippen LogP contribution in [0.2, 0.25) is 0 Å². The van der Waals surface area contributed by atoms with E-state index in [0.717, 1.165) is 12.0 Å². The van der Waals surface area contributed by atoms with E-state index in [1.54, 1.807) is 26.0 Å². The van der Waals surface area contributed by atoms with E-state index in [4.69, 9.17) is 0 Å². The molecule has 21 heavy (non-hydrogen) atoms. The highest BCUT2D eigenvalue weighted by atomic mass is 16.6. The Kier molecular flexibility index (Phi) is 5.52. The predicted octanol–water partition coefficient (Wildman–Crippen LogP) is 3.31. The van der Waals surface area contributed by atoms with Crippen molar-refractivity contribution in [2.45, 2.75) is 40.5 Å². The molecule has 0 N–H and O–H groups in total. The predicted molar refractivity (Wildman–Crippen MR) is 80.2 cm³/mol. The number of ketones is 2. The van der Waals surface area contributed by atoms with Gasteiger partial charge in [-0.1, -0.05) is 16.7 Å². The standard InChI is InChI=1S/C8H9NO3.C8H10O/c1-5-3-6(2)8(9(11)12)7(10)4-5;1-6-3-7(2)5-8(9)4-6/h4H,3H2,1-2H3;4-5H,3H2,1-2H3. The Bertz CT molecular complexity index is 598. The molecule has 2 aliphatic rings. The van der Waals surface area contributed by atoms with E-state index in [2.05, 4.69) is 0 Å².